The van der Waals surface area contributed by atoms with Crippen LogP contribution < -0.4 is 4.74 Å². The molecule has 0 spiro atoms. The van der Waals surface area contributed by atoms with Crippen LogP contribution in [0, 0.1) is 12.3 Å². The highest BCUT2D eigenvalue weighted by molar-refractivity contribution is 5.87. The van der Waals surface area contributed by atoms with Crippen LogP contribution in [0.4, 0.5) is 0 Å². The highest BCUT2D eigenvalue weighted by Gasteiger charge is 1.95. The van der Waals surface area contributed by atoms with E-state index in [9.17, 15) is 4.79 Å². The zero-order valence-corrected chi connectivity index (χ0v) is 9.68. The Bertz CT molecular complexity index is 424. The van der Waals surface area contributed by atoms with E-state index in [0.717, 1.165) is 11.3 Å². The van der Waals surface area contributed by atoms with Crippen molar-refractivity contribution in [2.45, 2.75) is 6.92 Å². The standard InChI is InChI=1S/C14H14O3/c1-3-11-17-14(15)10-7-12-5-8-13(9-6-12)16-4-2/h1,5-10H,4,11H2,2H3/b10-7+. The maximum Gasteiger partial charge on any atom is 0.331 e. The molecule has 0 amide bonds. The first-order chi connectivity index (χ1) is 8.26. The van der Waals surface area contributed by atoms with Crippen LogP contribution >= 0.6 is 0 Å². The number of terminal acetylenes is 1. The topological polar surface area (TPSA) is 35.5 Å². The molecule has 0 fully saturated rings. The molecule has 17 heavy (non-hydrogen) atoms. The van der Waals surface area contributed by atoms with Crippen molar-refractivity contribution in [3.05, 3.63) is 35.9 Å². The quantitative estimate of drug-likeness (QED) is 0.442. The number of hydrogen-bond donors (Lipinski definition) is 0. The fraction of sp³-hybridized carbons (Fsp3) is 0.214. The Kier molecular flexibility index (Phi) is 5.39. The molecule has 1 aromatic carbocycles. The molecule has 1 rings (SSSR count). The van der Waals surface area contributed by atoms with E-state index in [-0.39, 0.29) is 6.61 Å². The van der Waals surface area contributed by atoms with Gasteiger partial charge in [-0.2, -0.15) is 0 Å². The van der Waals surface area contributed by atoms with Gasteiger partial charge in [0.15, 0.2) is 6.61 Å². The van der Waals surface area contributed by atoms with Crippen molar-refractivity contribution in [3.8, 4) is 18.1 Å². The number of carbonyl (C=O) groups is 1. The van der Waals surface area contributed by atoms with Gasteiger partial charge in [-0.25, -0.2) is 4.79 Å². The molecule has 0 N–H and O–H groups in total. The zero-order chi connectivity index (χ0) is 12.5. The lowest BCUT2D eigenvalue weighted by Gasteiger charge is -2.02. The minimum Gasteiger partial charge on any atom is -0.494 e. The van der Waals surface area contributed by atoms with Gasteiger partial charge in [-0.3, -0.25) is 0 Å². The van der Waals surface area contributed by atoms with Crippen LogP contribution in [0.2, 0.25) is 0 Å². The summed E-state index contributed by atoms with van der Waals surface area (Å²) in [5.74, 6) is 2.58. The maximum atomic E-state index is 11.1. The van der Waals surface area contributed by atoms with Crippen LogP contribution in [0.1, 0.15) is 12.5 Å². The third-order valence-corrected chi connectivity index (χ3v) is 1.90. The van der Waals surface area contributed by atoms with Crippen molar-refractivity contribution in [2.75, 3.05) is 13.2 Å². The third kappa shape index (κ3) is 4.89. The van der Waals surface area contributed by atoms with Crippen molar-refractivity contribution in [3.63, 3.8) is 0 Å². The molecule has 0 radical (unpaired) electrons. The minimum atomic E-state index is -0.447. The number of ether oxygens (including phenoxy) is 2. The van der Waals surface area contributed by atoms with Gasteiger partial charge in [0, 0.05) is 6.08 Å². The molecule has 0 unspecified atom stereocenters. The smallest absolute Gasteiger partial charge is 0.331 e. The van der Waals surface area contributed by atoms with Crippen molar-refractivity contribution in [2.24, 2.45) is 0 Å². The van der Waals surface area contributed by atoms with Crippen LogP contribution in [0.5, 0.6) is 5.75 Å². The van der Waals surface area contributed by atoms with Crippen LogP contribution in [-0.2, 0) is 9.53 Å². The van der Waals surface area contributed by atoms with Gasteiger partial charge >= 0.3 is 5.97 Å². The summed E-state index contributed by atoms with van der Waals surface area (Å²) in [6.07, 6.45) is 7.97. The van der Waals surface area contributed by atoms with Crippen LogP contribution in [0.3, 0.4) is 0 Å². The van der Waals surface area contributed by atoms with E-state index in [1.807, 2.05) is 31.2 Å². The van der Waals surface area contributed by atoms with E-state index < -0.39 is 5.97 Å². The third-order valence-electron chi connectivity index (χ3n) is 1.90. The van der Waals surface area contributed by atoms with Gasteiger partial charge in [-0.05, 0) is 30.7 Å². The molecule has 0 saturated heterocycles. The fourth-order valence-corrected chi connectivity index (χ4v) is 1.17. The molecule has 0 aliphatic carbocycles. The van der Waals surface area contributed by atoms with Crippen molar-refractivity contribution < 1.29 is 14.3 Å². The summed E-state index contributed by atoms with van der Waals surface area (Å²) in [4.78, 5) is 11.1. The molecule has 88 valence electrons. The lowest BCUT2D eigenvalue weighted by molar-refractivity contribution is -0.136. The summed E-state index contributed by atoms with van der Waals surface area (Å²) in [6, 6.07) is 7.40. The van der Waals surface area contributed by atoms with E-state index in [4.69, 9.17) is 11.2 Å². The van der Waals surface area contributed by atoms with E-state index in [0.29, 0.717) is 6.61 Å². The second-order valence-electron chi connectivity index (χ2n) is 3.15. The molecule has 0 aliphatic rings. The molecule has 0 aliphatic heterocycles. The summed E-state index contributed by atoms with van der Waals surface area (Å²) in [5, 5.41) is 0. The summed E-state index contributed by atoms with van der Waals surface area (Å²) in [5.41, 5.74) is 0.895. The molecule has 0 bridgehead atoms. The predicted molar refractivity (Wildman–Crippen MR) is 66.4 cm³/mol. The van der Waals surface area contributed by atoms with Gasteiger partial charge in [-0.1, -0.05) is 18.1 Å². The van der Waals surface area contributed by atoms with Crippen LogP contribution in [0.15, 0.2) is 30.3 Å². The number of rotatable bonds is 5. The van der Waals surface area contributed by atoms with Gasteiger partial charge in [0.05, 0.1) is 6.61 Å². The lowest BCUT2D eigenvalue weighted by Crippen LogP contribution is -1.99. The Balaban J connectivity index is 2.54. The molecule has 3 nitrogen and oxygen atoms in total. The Hall–Kier alpha value is -2.21. The SMILES string of the molecule is C#CCOC(=O)/C=C/c1ccc(OCC)cc1. The largest absolute Gasteiger partial charge is 0.494 e. The number of carbonyl (C=O) groups excluding carboxylic acids is 1. The van der Waals surface area contributed by atoms with E-state index >= 15 is 0 Å². The van der Waals surface area contributed by atoms with Gasteiger partial charge in [0.25, 0.3) is 0 Å². The second kappa shape index (κ2) is 7.13. The molecular formula is C14H14O3. The van der Waals surface area contributed by atoms with Gasteiger partial charge in [0.1, 0.15) is 5.75 Å². The summed E-state index contributed by atoms with van der Waals surface area (Å²) >= 11 is 0. The van der Waals surface area contributed by atoms with Gasteiger partial charge in [0.2, 0.25) is 0 Å². The molecule has 3 heteroatoms. The summed E-state index contributed by atoms with van der Waals surface area (Å²) < 4.78 is 9.99. The first-order valence-corrected chi connectivity index (χ1v) is 5.27. The Morgan fingerprint density at radius 2 is 2.12 bits per heavy atom. The first-order valence-electron chi connectivity index (χ1n) is 5.27. The monoisotopic (exact) mass is 230 g/mol. The minimum absolute atomic E-state index is 0.00749. The molecular weight excluding hydrogens is 216 g/mol. The number of esters is 1. The Labute approximate surface area is 101 Å². The van der Waals surface area contributed by atoms with Crippen LogP contribution in [0.25, 0.3) is 6.08 Å². The van der Waals surface area contributed by atoms with Crippen molar-refractivity contribution in [1.29, 1.82) is 0 Å². The second-order valence-corrected chi connectivity index (χ2v) is 3.15. The highest BCUT2D eigenvalue weighted by Crippen LogP contribution is 2.12. The average Bonchev–Trinajstić information content (AvgIpc) is 2.36. The number of hydrogen-bond acceptors (Lipinski definition) is 3. The summed E-state index contributed by atoms with van der Waals surface area (Å²) in [7, 11) is 0. The molecule has 1 aromatic rings. The highest BCUT2D eigenvalue weighted by atomic mass is 16.5. The van der Waals surface area contributed by atoms with Gasteiger partial charge < -0.3 is 9.47 Å². The van der Waals surface area contributed by atoms with E-state index in [2.05, 4.69) is 10.7 Å². The summed E-state index contributed by atoms with van der Waals surface area (Å²) in [6.45, 7) is 2.55. The molecule has 0 saturated carbocycles. The van der Waals surface area contributed by atoms with Crippen molar-refractivity contribution in [1.82, 2.24) is 0 Å². The van der Waals surface area contributed by atoms with E-state index in [1.165, 1.54) is 6.08 Å². The molecule has 0 aromatic heterocycles. The molecule has 0 heterocycles. The lowest BCUT2D eigenvalue weighted by atomic mass is 10.2. The van der Waals surface area contributed by atoms with Crippen molar-refractivity contribution >= 4 is 12.0 Å². The first kappa shape index (κ1) is 12.9. The van der Waals surface area contributed by atoms with Gasteiger partial charge in [-0.15, -0.1) is 6.42 Å². The zero-order valence-electron chi connectivity index (χ0n) is 9.68. The predicted octanol–water partition coefficient (Wildman–Crippen LogP) is 2.27. The Morgan fingerprint density at radius 1 is 1.41 bits per heavy atom. The average molecular weight is 230 g/mol. The fourth-order valence-electron chi connectivity index (χ4n) is 1.17. The molecule has 0 atom stereocenters. The van der Waals surface area contributed by atoms with E-state index in [1.54, 1.807) is 6.08 Å². The normalized spacial score (nSPS) is 9.88. The maximum absolute atomic E-state index is 11.1. The number of benzene rings is 1. The Morgan fingerprint density at radius 3 is 2.71 bits per heavy atom. The van der Waals surface area contributed by atoms with Crippen LogP contribution in [-0.4, -0.2) is 19.2 Å².